The number of carboxylic acid groups (broad SMARTS) is 6. The smallest absolute Gasteiger partial charge is 0.373 e. The van der Waals surface area contributed by atoms with Crippen molar-refractivity contribution >= 4 is 111 Å². The molecule has 0 fully saturated rings. The Morgan fingerprint density at radius 1 is 0.293 bits per heavy atom. The van der Waals surface area contributed by atoms with Gasteiger partial charge in [-0.15, -0.1) is 0 Å². The van der Waals surface area contributed by atoms with Gasteiger partial charge in [0, 0.05) is 134 Å². The topological polar surface area (TPSA) is 503 Å². The predicted molar refractivity (Wildman–Crippen MR) is 472 cm³/mol. The number of aliphatic hydroxyl groups is 2. The van der Waals surface area contributed by atoms with E-state index >= 15 is 0 Å². The first kappa shape index (κ1) is 94.9. The predicted octanol–water partition coefficient (Wildman–Crippen LogP) is 13.2. The largest absolute Gasteiger partial charge is 0.481 e. The van der Waals surface area contributed by atoms with Crippen molar-refractivity contribution in [3.8, 4) is 0 Å². The Kier molecular flexibility index (Phi) is 28.0. The summed E-state index contributed by atoms with van der Waals surface area (Å²) >= 11 is 0. The average molecular weight is 1790 g/mol. The highest BCUT2D eigenvalue weighted by atomic mass is 16.4. The Morgan fingerprint density at radius 3 is 0.820 bits per heavy atom. The molecule has 18 rings (SSSR count). The van der Waals surface area contributed by atoms with E-state index in [1.807, 2.05) is 6.92 Å². The molecular formula is C105H76O28. The number of carbonyl (C=O) groups is 18. The second-order valence-electron chi connectivity index (χ2n) is 31.8. The van der Waals surface area contributed by atoms with Gasteiger partial charge in [0.2, 0.25) is 0 Å². The zero-order valence-electron chi connectivity index (χ0n) is 71.1. The van der Waals surface area contributed by atoms with E-state index in [0.29, 0.717) is 129 Å². The van der Waals surface area contributed by atoms with Crippen LogP contribution < -0.4 is 0 Å². The molecule has 0 aromatic heterocycles. The highest BCUT2D eigenvalue weighted by Gasteiger charge is 2.43. The number of hydrogen-bond acceptors (Lipinski definition) is 22. The minimum Gasteiger partial charge on any atom is -0.481 e. The molecule has 28 nitrogen and oxygen atoms in total. The molecule has 0 saturated heterocycles. The molecule has 0 spiro atoms. The summed E-state index contributed by atoms with van der Waals surface area (Å²) in [4.78, 5) is 233. The van der Waals surface area contributed by atoms with Gasteiger partial charge in [0.05, 0.1) is 43.3 Å². The normalized spacial score (nSPS) is 13.3. The van der Waals surface area contributed by atoms with Gasteiger partial charge in [-0.25, -0.2) is 0 Å². The summed E-state index contributed by atoms with van der Waals surface area (Å²) in [7, 11) is 0. The number of hydrogen-bond donors (Lipinski definition) is 8. The molecule has 133 heavy (non-hydrogen) atoms. The van der Waals surface area contributed by atoms with E-state index in [2.05, 4.69) is 0 Å². The summed E-state index contributed by atoms with van der Waals surface area (Å²) in [6.45, 7) is 6.65. The van der Waals surface area contributed by atoms with Crippen LogP contribution in [0, 0.1) is 6.92 Å². The van der Waals surface area contributed by atoms with Crippen molar-refractivity contribution in [1.29, 1.82) is 0 Å². The van der Waals surface area contributed by atoms with Crippen molar-refractivity contribution in [2.24, 2.45) is 0 Å². The first-order valence-corrected chi connectivity index (χ1v) is 40.8. The second kappa shape index (κ2) is 39.2. The third kappa shape index (κ3) is 18.5. The van der Waals surface area contributed by atoms with E-state index in [1.54, 1.807) is 216 Å². The van der Waals surface area contributed by atoms with Crippen LogP contribution in [0.3, 0.4) is 0 Å². The van der Waals surface area contributed by atoms with Crippen LogP contribution in [-0.2, 0) is 62.0 Å². The van der Waals surface area contributed by atoms with Gasteiger partial charge < -0.3 is 40.9 Å². The molecule has 12 aromatic rings. The SMILES string of the molecule is CC(C(=O)O)c1ccc2c(c1)C(=O)c1ccccc1C2=O.CC(C)(C(=O)O)c1ccc2c(c1)C(=O)c1ccccc1C2=O.CCC(C(=O)O)c1ccc2c(c1)C(=O)c1ccccc1C2=O.Cc1ccc2c(c1)C(=O)c1cc(CC(=O)O)ccc1C2=O.O=C(O)Cc1ccc2c(c1)C(=O)c1ccccc1C2=O.O=C1c2ccccc2C(=O)c2cc(C(CO)(CO)C(=O)O)ccc21.O=C=O. The molecule has 0 heterocycles. The van der Waals surface area contributed by atoms with E-state index in [0.717, 1.165) is 5.56 Å². The lowest BCUT2D eigenvalue weighted by atomic mass is 9.77. The highest BCUT2D eigenvalue weighted by molar-refractivity contribution is 6.33. The molecule has 2 unspecified atom stereocenters. The van der Waals surface area contributed by atoms with Crippen LogP contribution in [0.15, 0.2) is 249 Å². The van der Waals surface area contributed by atoms with Gasteiger partial charge in [-0.3, -0.25) is 86.3 Å². The van der Waals surface area contributed by atoms with Gasteiger partial charge in [0.25, 0.3) is 0 Å². The fourth-order valence-corrected chi connectivity index (χ4v) is 15.9. The van der Waals surface area contributed by atoms with Gasteiger partial charge >= 0.3 is 42.0 Å². The molecule has 0 saturated carbocycles. The maximum Gasteiger partial charge on any atom is 0.373 e. The lowest BCUT2D eigenvalue weighted by molar-refractivity contribution is -0.192. The van der Waals surface area contributed by atoms with E-state index in [4.69, 9.17) is 24.9 Å². The molecule has 6 aliphatic carbocycles. The van der Waals surface area contributed by atoms with Gasteiger partial charge in [-0.05, 0) is 134 Å². The van der Waals surface area contributed by atoms with Crippen LogP contribution in [0.1, 0.15) is 276 Å². The molecular weight excluding hydrogens is 1710 g/mol. The summed E-state index contributed by atoms with van der Waals surface area (Å²) in [6.07, 6.45) is 0.332. The first-order chi connectivity index (χ1) is 63.3. The lowest BCUT2D eigenvalue weighted by Gasteiger charge is -2.27. The number of aliphatic carboxylic acids is 6. The number of ketones is 12. The monoisotopic (exact) mass is 1780 g/mol. The molecule has 6 aliphatic rings. The minimum absolute atomic E-state index is 0.0688. The maximum atomic E-state index is 12.7. The average Bonchev–Trinajstić information content (AvgIpc) is 0.753. The number of aliphatic hydroxyl groups excluding tert-OH is 2. The van der Waals surface area contributed by atoms with Gasteiger partial charge in [-0.2, -0.15) is 9.59 Å². The Labute approximate surface area is 755 Å². The zero-order chi connectivity index (χ0) is 96.7. The number of aryl methyl sites for hydroxylation is 1. The summed E-state index contributed by atoms with van der Waals surface area (Å²) in [5.74, 6) is -10.5. The first-order valence-electron chi connectivity index (χ1n) is 40.8. The molecule has 0 radical (unpaired) electrons. The third-order valence-corrected chi connectivity index (χ3v) is 23.4. The zero-order valence-corrected chi connectivity index (χ0v) is 71.1. The van der Waals surface area contributed by atoms with Crippen molar-refractivity contribution in [3.63, 3.8) is 0 Å². The summed E-state index contributed by atoms with van der Waals surface area (Å²) in [5, 5.41) is 73.6. The van der Waals surface area contributed by atoms with E-state index in [-0.39, 0.29) is 127 Å². The lowest BCUT2D eigenvalue weighted by Crippen LogP contribution is -2.43. The van der Waals surface area contributed by atoms with Crippen molar-refractivity contribution in [2.45, 2.75) is 76.5 Å². The molecule has 12 aromatic carbocycles. The minimum atomic E-state index is -1.94. The number of rotatable bonds is 15. The van der Waals surface area contributed by atoms with Crippen molar-refractivity contribution < 1.29 is 137 Å². The fourth-order valence-electron chi connectivity index (χ4n) is 15.9. The maximum absolute atomic E-state index is 12.7. The molecule has 0 bridgehead atoms. The summed E-state index contributed by atoms with van der Waals surface area (Å²) < 4.78 is 0. The quantitative estimate of drug-likeness (QED) is 0.0472. The van der Waals surface area contributed by atoms with Crippen LogP contribution in [-0.4, -0.2) is 165 Å². The second-order valence-corrected chi connectivity index (χ2v) is 31.8. The Hall–Kier alpha value is -17.2. The van der Waals surface area contributed by atoms with Crippen molar-refractivity contribution in [1.82, 2.24) is 0 Å². The summed E-state index contributed by atoms with van der Waals surface area (Å²) in [6, 6.07) is 65.6. The molecule has 28 heteroatoms. The van der Waals surface area contributed by atoms with Gasteiger partial charge in [0.15, 0.2) is 69.4 Å². The van der Waals surface area contributed by atoms with Crippen molar-refractivity contribution in [2.75, 3.05) is 13.2 Å². The summed E-state index contributed by atoms with van der Waals surface area (Å²) in [5.41, 5.74) is 8.27. The van der Waals surface area contributed by atoms with Crippen molar-refractivity contribution in [3.05, 3.63) is 421 Å². The standard InChI is InChI=1S/C18H14O6.2C18H14O4.2C17H12O4.C16H10O4.CO2/c19-8-18(9-20,17(23)24)10-5-6-13-14(7-10)16(22)12-4-2-1-3-11(12)15(13)21;1-18(2,17(21)22)10-7-8-13-14(9-10)16(20)12-6-4-3-5-11(12)15(13)19;1-2-11(18(21)22)10-7-8-14-15(9-10)17(20)13-6-4-3-5-12(13)16(14)19;1-9-2-4-11-13(6-9)17(21)14-7-10(8-15(18)19)3-5-12(14)16(11)20;1-9(17(20)21)10-6-7-13-14(8-10)16(19)12-5-3-2-4-11(12)15(13)18;17-14(18)8-9-5-6-12-13(7-9)16(20)11-4-2-1-3-10(11)15(12)19;2-1-3/h1-7,19-20H,8-9H2,(H,23,24);3-9H,1-2H3,(H,21,22);3-9,11H,2H2,1H3,(H,21,22);2-7H,8H2,1H3,(H,18,19);2-9H,1H3,(H,20,21);1-7H,8H2,(H,17,18);. The van der Waals surface area contributed by atoms with Gasteiger partial charge in [-0.1, -0.05) is 194 Å². The van der Waals surface area contributed by atoms with Crippen LogP contribution in [0.2, 0.25) is 0 Å². The van der Waals surface area contributed by atoms with Gasteiger partial charge in [0.1, 0.15) is 5.41 Å². The Morgan fingerprint density at radius 2 is 0.534 bits per heavy atom. The number of benzene rings is 12. The van der Waals surface area contributed by atoms with Crippen LogP contribution >= 0.6 is 0 Å². The van der Waals surface area contributed by atoms with Crippen LogP contribution in [0.5, 0.6) is 0 Å². The van der Waals surface area contributed by atoms with E-state index < -0.39 is 77.5 Å². The van der Waals surface area contributed by atoms with E-state index in [1.165, 1.54) is 60.7 Å². The number of fused-ring (bicyclic) bond motifs is 12. The number of carboxylic acids is 6. The molecule has 8 N–H and O–H groups in total. The molecule has 2 atom stereocenters. The highest BCUT2D eigenvalue weighted by Crippen LogP contribution is 2.39. The van der Waals surface area contributed by atoms with E-state index in [9.17, 15) is 112 Å². The van der Waals surface area contributed by atoms with Crippen LogP contribution in [0.4, 0.5) is 0 Å². The van der Waals surface area contributed by atoms with Crippen LogP contribution in [0.25, 0.3) is 0 Å². The molecule has 0 aliphatic heterocycles. The number of carbonyl (C=O) groups excluding carboxylic acids is 14. The molecule has 664 valence electrons. The fraction of sp³-hybridized carbons (Fsp3) is 0.133. The Balaban J connectivity index is 0.000000143. The Bertz CT molecular complexity index is 7100. The molecule has 0 amide bonds. The third-order valence-electron chi connectivity index (χ3n) is 23.4.